The Balaban J connectivity index is 1.31. The molecule has 2 atom stereocenters. The number of piperidine rings is 1. The Morgan fingerprint density at radius 2 is 1.86 bits per heavy atom. The van der Waals surface area contributed by atoms with Crippen molar-refractivity contribution < 1.29 is 14.3 Å². The average Bonchev–Trinajstić information content (AvgIpc) is 2.74. The molecule has 1 fully saturated rings. The molecule has 2 unspecified atom stereocenters. The lowest BCUT2D eigenvalue weighted by Crippen LogP contribution is -2.47. The number of hydrogen-bond acceptors (Lipinski definition) is 4. The van der Waals surface area contributed by atoms with Crippen molar-refractivity contribution in [1.29, 1.82) is 0 Å². The molecule has 0 bridgehead atoms. The summed E-state index contributed by atoms with van der Waals surface area (Å²) in [5.41, 5.74) is 1.30. The van der Waals surface area contributed by atoms with Crippen LogP contribution in [0, 0.1) is 5.92 Å². The van der Waals surface area contributed by atoms with Gasteiger partial charge in [-0.25, -0.2) is 0 Å². The summed E-state index contributed by atoms with van der Waals surface area (Å²) in [5.74, 6) is 1.79. The van der Waals surface area contributed by atoms with Gasteiger partial charge < -0.3 is 14.4 Å². The number of para-hydroxylation sites is 2. The third kappa shape index (κ3) is 4.47. The van der Waals surface area contributed by atoms with Crippen LogP contribution in [0.25, 0.3) is 0 Å². The van der Waals surface area contributed by atoms with Crippen LogP contribution in [-0.2, 0) is 11.3 Å². The third-order valence-electron chi connectivity index (χ3n) is 5.53. The molecule has 2 aromatic carbocycles. The molecule has 0 aromatic heterocycles. The zero-order valence-corrected chi connectivity index (χ0v) is 16.4. The van der Waals surface area contributed by atoms with Crippen molar-refractivity contribution in [2.24, 2.45) is 5.92 Å². The van der Waals surface area contributed by atoms with Crippen LogP contribution in [0.15, 0.2) is 54.6 Å². The topological polar surface area (TPSA) is 42.0 Å². The molecule has 28 heavy (non-hydrogen) atoms. The first-order chi connectivity index (χ1) is 13.7. The number of ether oxygens (including phenoxy) is 2. The van der Waals surface area contributed by atoms with E-state index in [1.165, 1.54) is 5.56 Å². The van der Waals surface area contributed by atoms with Crippen molar-refractivity contribution in [3.8, 4) is 11.5 Å². The van der Waals surface area contributed by atoms with Crippen molar-refractivity contribution in [3.63, 3.8) is 0 Å². The van der Waals surface area contributed by atoms with E-state index < -0.39 is 0 Å². The van der Waals surface area contributed by atoms with Crippen molar-refractivity contribution in [1.82, 2.24) is 9.80 Å². The highest BCUT2D eigenvalue weighted by Gasteiger charge is 2.30. The molecule has 5 nitrogen and oxygen atoms in total. The molecule has 0 aliphatic carbocycles. The highest BCUT2D eigenvalue weighted by Crippen LogP contribution is 2.31. The zero-order valence-electron chi connectivity index (χ0n) is 16.4. The van der Waals surface area contributed by atoms with Crippen LogP contribution in [-0.4, -0.2) is 55.1 Å². The van der Waals surface area contributed by atoms with Crippen LogP contribution in [0.4, 0.5) is 0 Å². The average molecular weight is 380 g/mol. The lowest BCUT2D eigenvalue weighted by Gasteiger charge is -2.35. The van der Waals surface area contributed by atoms with Gasteiger partial charge in [-0.15, -0.1) is 0 Å². The van der Waals surface area contributed by atoms with E-state index in [0.29, 0.717) is 13.2 Å². The van der Waals surface area contributed by atoms with Crippen LogP contribution in [0.3, 0.4) is 0 Å². The van der Waals surface area contributed by atoms with Gasteiger partial charge in [-0.1, -0.05) is 42.5 Å². The molecule has 0 saturated carbocycles. The molecule has 0 N–H and O–H groups in total. The second-order valence-electron chi connectivity index (χ2n) is 7.78. The summed E-state index contributed by atoms with van der Waals surface area (Å²) in [7, 11) is 1.88. The Morgan fingerprint density at radius 3 is 2.68 bits per heavy atom. The Bertz CT molecular complexity index is 795. The minimum atomic E-state index is -0.132. The number of likely N-dealkylation sites (tertiary alicyclic amines) is 1. The van der Waals surface area contributed by atoms with E-state index >= 15 is 0 Å². The summed E-state index contributed by atoms with van der Waals surface area (Å²) in [6.45, 7) is 3.80. The third-order valence-corrected chi connectivity index (χ3v) is 5.53. The van der Waals surface area contributed by atoms with Crippen LogP contribution in [0.1, 0.15) is 18.4 Å². The van der Waals surface area contributed by atoms with Gasteiger partial charge in [0.25, 0.3) is 0 Å². The van der Waals surface area contributed by atoms with E-state index in [2.05, 4.69) is 29.2 Å². The molecule has 2 aromatic rings. The fourth-order valence-electron chi connectivity index (χ4n) is 4.10. The molecular weight excluding hydrogens is 352 g/mol. The molecule has 4 rings (SSSR count). The zero-order chi connectivity index (χ0) is 19.3. The van der Waals surface area contributed by atoms with Crippen LogP contribution in [0.5, 0.6) is 11.5 Å². The number of likely N-dealkylation sites (N-methyl/N-ethyl adjacent to an activating group) is 1. The van der Waals surface area contributed by atoms with Crippen LogP contribution < -0.4 is 9.47 Å². The lowest BCUT2D eigenvalue weighted by molar-refractivity contribution is -0.137. The van der Waals surface area contributed by atoms with Gasteiger partial charge >= 0.3 is 0 Å². The fourth-order valence-corrected chi connectivity index (χ4v) is 4.10. The van der Waals surface area contributed by atoms with Gasteiger partial charge in [0.1, 0.15) is 6.61 Å². The highest BCUT2D eigenvalue weighted by atomic mass is 16.6. The molecule has 1 amide bonds. The summed E-state index contributed by atoms with van der Waals surface area (Å²) < 4.78 is 11.8. The summed E-state index contributed by atoms with van der Waals surface area (Å²) in [5, 5.41) is 0. The Hall–Kier alpha value is -2.53. The molecule has 2 aliphatic rings. The summed E-state index contributed by atoms with van der Waals surface area (Å²) in [6, 6.07) is 18.2. The first-order valence-electron chi connectivity index (χ1n) is 10.1. The molecular formula is C23H28N2O3. The lowest BCUT2D eigenvalue weighted by atomic mass is 9.96. The van der Waals surface area contributed by atoms with Crippen molar-refractivity contribution >= 4 is 5.91 Å². The van der Waals surface area contributed by atoms with Crippen molar-refractivity contribution in [2.45, 2.75) is 25.5 Å². The summed E-state index contributed by atoms with van der Waals surface area (Å²) in [6.07, 6.45) is 1.89. The summed E-state index contributed by atoms with van der Waals surface area (Å²) in [4.78, 5) is 17.2. The molecule has 148 valence electrons. The van der Waals surface area contributed by atoms with Crippen molar-refractivity contribution in [2.75, 3.05) is 33.3 Å². The minimum absolute atomic E-state index is 0.0549. The van der Waals surface area contributed by atoms with E-state index in [9.17, 15) is 4.79 Å². The molecule has 1 saturated heterocycles. The monoisotopic (exact) mass is 380 g/mol. The Kier molecular flexibility index (Phi) is 5.81. The predicted octanol–water partition coefficient (Wildman–Crippen LogP) is 3.20. The Morgan fingerprint density at radius 1 is 1.11 bits per heavy atom. The molecule has 2 aliphatic heterocycles. The van der Waals surface area contributed by atoms with Gasteiger partial charge in [0, 0.05) is 20.1 Å². The maximum Gasteiger partial charge on any atom is 0.226 e. The maximum atomic E-state index is 13.0. The number of carbonyl (C=O) groups is 1. The first kappa shape index (κ1) is 18.8. The van der Waals surface area contributed by atoms with Gasteiger partial charge in [0.05, 0.1) is 12.5 Å². The second kappa shape index (κ2) is 8.65. The maximum absolute atomic E-state index is 13.0. The van der Waals surface area contributed by atoms with Crippen molar-refractivity contribution in [3.05, 3.63) is 60.2 Å². The Labute approximate surface area is 166 Å². The quantitative estimate of drug-likeness (QED) is 0.799. The summed E-state index contributed by atoms with van der Waals surface area (Å²) >= 11 is 0. The second-order valence-corrected chi connectivity index (χ2v) is 7.78. The van der Waals surface area contributed by atoms with Gasteiger partial charge in [-0.2, -0.15) is 0 Å². The first-order valence-corrected chi connectivity index (χ1v) is 10.1. The van der Waals surface area contributed by atoms with Gasteiger partial charge in [-0.3, -0.25) is 9.69 Å². The largest absolute Gasteiger partial charge is 0.486 e. The molecule has 0 spiro atoms. The standard InChI is InChI=1S/C23H28N2O3/c1-24(16-20-17-27-21-11-5-6-12-22(21)28-20)23(26)19-10-7-13-25(15-19)14-18-8-3-2-4-9-18/h2-6,8-9,11-12,19-20H,7,10,13-17H2,1H3. The predicted molar refractivity (Wildman–Crippen MR) is 108 cm³/mol. The van der Waals surface area contributed by atoms with Gasteiger partial charge in [0.15, 0.2) is 17.6 Å². The number of amides is 1. The van der Waals surface area contributed by atoms with E-state index in [1.54, 1.807) is 0 Å². The number of carbonyl (C=O) groups excluding carboxylic acids is 1. The van der Waals surface area contributed by atoms with Gasteiger partial charge in [0.2, 0.25) is 5.91 Å². The normalized spacial score (nSPS) is 21.9. The SMILES string of the molecule is CN(CC1COc2ccccc2O1)C(=O)C1CCCN(Cc2ccccc2)C1. The highest BCUT2D eigenvalue weighted by molar-refractivity contribution is 5.79. The number of fused-ring (bicyclic) bond motifs is 1. The number of nitrogens with zero attached hydrogens (tertiary/aromatic N) is 2. The van der Waals surface area contributed by atoms with E-state index in [4.69, 9.17) is 9.47 Å². The van der Waals surface area contributed by atoms with E-state index in [1.807, 2.05) is 42.3 Å². The van der Waals surface area contributed by atoms with Crippen LogP contribution in [0.2, 0.25) is 0 Å². The molecule has 0 radical (unpaired) electrons. The smallest absolute Gasteiger partial charge is 0.226 e. The van der Waals surface area contributed by atoms with E-state index in [-0.39, 0.29) is 17.9 Å². The van der Waals surface area contributed by atoms with Gasteiger partial charge in [-0.05, 0) is 37.1 Å². The minimum Gasteiger partial charge on any atom is -0.486 e. The fraction of sp³-hybridized carbons (Fsp3) is 0.435. The number of benzene rings is 2. The molecule has 5 heteroatoms. The number of rotatable bonds is 5. The van der Waals surface area contributed by atoms with E-state index in [0.717, 1.165) is 44.0 Å². The molecule has 2 heterocycles. The number of hydrogen-bond donors (Lipinski definition) is 0. The van der Waals surface area contributed by atoms with Crippen LogP contribution >= 0.6 is 0 Å².